The second-order valence-corrected chi connectivity index (χ2v) is 2.71. The third kappa shape index (κ3) is 1.60. The monoisotopic (exact) mass is 238 g/mol. The molecule has 0 nitrogen and oxygen atoms in total. The van der Waals surface area contributed by atoms with E-state index in [0.717, 1.165) is 0 Å². The third-order valence-electron chi connectivity index (χ3n) is 0.564. The Morgan fingerprint density at radius 2 is 1.25 bits per heavy atom. The van der Waals surface area contributed by atoms with E-state index in [2.05, 4.69) is 31.9 Å². The van der Waals surface area contributed by atoms with Crippen LogP contribution in [0.4, 0.5) is 0 Å². The van der Waals surface area contributed by atoms with Crippen molar-refractivity contribution in [3.8, 4) is 0 Å². The Hall–Kier alpha value is 0.180. The fourth-order valence-corrected chi connectivity index (χ4v) is 0.678. The Kier molecular flexibility index (Phi) is 0.940. The fraction of sp³-hybridized carbons (Fsp3) is 0. The van der Waals surface area contributed by atoms with Crippen molar-refractivity contribution in [1.29, 1.82) is 0 Å². The smallest absolute Gasteiger partial charge is 0.0508 e. The molecule has 0 atom stereocenters. The zero-order chi connectivity index (χ0) is 9.46. The second-order valence-electron chi connectivity index (χ2n) is 1.13. The highest BCUT2D eigenvalue weighted by Gasteiger charge is 1.83. The lowest BCUT2D eigenvalue weighted by atomic mass is 10.4. The van der Waals surface area contributed by atoms with Crippen LogP contribution < -0.4 is 0 Å². The SMILES string of the molecule is [2H]c1c([2H])c(Br)c([2H])c([2H])c1Br. The molecule has 1 aromatic rings. The van der Waals surface area contributed by atoms with E-state index in [1.165, 1.54) is 0 Å². The molecule has 0 bridgehead atoms. The quantitative estimate of drug-likeness (QED) is 0.653. The maximum Gasteiger partial charge on any atom is 0.0635 e. The lowest BCUT2D eigenvalue weighted by molar-refractivity contribution is 1.61. The number of hydrogen-bond donors (Lipinski definition) is 0. The van der Waals surface area contributed by atoms with Crippen molar-refractivity contribution < 1.29 is 5.48 Å². The molecule has 0 saturated carbocycles. The zero-order valence-corrected chi connectivity index (χ0v) is 6.93. The molecular weight excluding hydrogens is 232 g/mol. The van der Waals surface area contributed by atoms with E-state index in [4.69, 9.17) is 5.48 Å². The highest BCUT2D eigenvalue weighted by molar-refractivity contribution is 9.11. The van der Waals surface area contributed by atoms with Crippen LogP contribution in [-0.2, 0) is 0 Å². The Morgan fingerprint density at radius 1 is 1.00 bits per heavy atom. The van der Waals surface area contributed by atoms with E-state index in [0.29, 0.717) is 0 Å². The molecule has 0 fully saturated rings. The van der Waals surface area contributed by atoms with Gasteiger partial charge in [0.25, 0.3) is 0 Å². The van der Waals surface area contributed by atoms with Gasteiger partial charge in [0.2, 0.25) is 0 Å². The number of rotatable bonds is 0. The van der Waals surface area contributed by atoms with Crippen molar-refractivity contribution in [2.24, 2.45) is 0 Å². The van der Waals surface area contributed by atoms with Gasteiger partial charge in [-0.05, 0) is 24.2 Å². The molecular formula is C6H4Br2. The standard InChI is InChI=1S/C6H4Br2/c7-5-1-2-6(8)4-3-5/h1-4H/i1D,2D,3D,4D. The Labute approximate surface area is 70.8 Å². The van der Waals surface area contributed by atoms with Gasteiger partial charge in [-0.2, -0.15) is 0 Å². The topological polar surface area (TPSA) is 0 Å². The zero-order valence-electron chi connectivity index (χ0n) is 7.76. The minimum Gasteiger partial charge on any atom is -0.0508 e. The second kappa shape index (κ2) is 2.65. The molecule has 0 heterocycles. The molecule has 0 aromatic heterocycles. The van der Waals surface area contributed by atoms with Crippen LogP contribution in [0.2, 0.25) is 0 Å². The summed E-state index contributed by atoms with van der Waals surface area (Å²) in [6.45, 7) is 0. The molecule has 0 N–H and O–H groups in total. The predicted molar refractivity (Wildman–Crippen MR) is 41.8 cm³/mol. The summed E-state index contributed by atoms with van der Waals surface area (Å²) in [4.78, 5) is 0. The van der Waals surface area contributed by atoms with Gasteiger partial charge in [0.1, 0.15) is 0 Å². The van der Waals surface area contributed by atoms with Crippen LogP contribution in [0, 0.1) is 0 Å². The molecule has 0 aliphatic rings. The molecule has 2 heteroatoms. The molecule has 0 radical (unpaired) electrons. The van der Waals surface area contributed by atoms with Gasteiger partial charge in [-0.15, -0.1) is 0 Å². The van der Waals surface area contributed by atoms with Gasteiger partial charge in [0.05, 0.1) is 5.48 Å². The van der Waals surface area contributed by atoms with E-state index in [1.54, 1.807) is 0 Å². The van der Waals surface area contributed by atoms with Gasteiger partial charge in [0, 0.05) is 8.95 Å². The summed E-state index contributed by atoms with van der Waals surface area (Å²) in [5, 5.41) is 0. The van der Waals surface area contributed by atoms with Crippen molar-refractivity contribution in [3.05, 3.63) is 33.1 Å². The van der Waals surface area contributed by atoms with E-state index in [1.807, 2.05) is 0 Å². The summed E-state index contributed by atoms with van der Waals surface area (Å²) in [5.41, 5.74) is 0. The van der Waals surface area contributed by atoms with Gasteiger partial charge in [0.15, 0.2) is 0 Å². The maximum atomic E-state index is 7.35. The van der Waals surface area contributed by atoms with Crippen molar-refractivity contribution in [1.82, 2.24) is 0 Å². The molecule has 1 aromatic carbocycles. The molecule has 0 unspecified atom stereocenters. The van der Waals surface area contributed by atoms with Gasteiger partial charge in [-0.25, -0.2) is 0 Å². The number of halogens is 2. The van der Waals surface area contributed by atoms with E-state index >= 15 is 0 Å². The Bertz CT molecular complexity index is 232. The molecule has 0 spiro atoms. The summed E-state index contributed by atoms with van der Waals surface area (Å²) in [6, 6.07) is -0.267. The van der Waals surface area contributed by atoms with Crippen LogP contribution in [0.25, 0.3) is 0 Å². The highest BCUT2D eigenvalue weighted by atomic mass is 79.9. The van der Waals surface area contributed by atoms with Crippen LogP contribution >= 0.6 is 31.9 Å². The van der Waals surface area contributed by atoms with Crippen LogP contribution in [0.15, 0.2) is 33.1 Å². The summed E-state index contributed by atoms with van der Waals surface area (Å²) >= 11 is 5.96. The Balaban J connectivity index is 3.60. The van der Waals surface area contributed by atoms with Gasteiger partial charge < -0.3 is 0 Å². The van der Waals surface area contributed by atoms with Gasteiger partial charge >= 0.3 is 0 Å². The normalized spacial score (nSPS) is 16.2. The van der Waals surface area contributed by atoms with E-state index in [-0.39, 0.29) is 33.1 Å². The van der Waals surface area contributed by atoms with Crippen LogP contribution in [0.3, 0.4) is 0 Å². The van der Waals surface area contributed by atoms with E-state index in [9.17, 15) is 0 Å². The minimum absolute atomic E-state index is 0.0668. The minimum atomic E-state index is -0.0668. The molecule has 1 rings (SSSR count). The van der Waals surface area contributed by atoms with Gasteiger partial charge in [-0.3, -0.25) is 0 Å². The first-order valence-corrected chi connectivity index (χ1v) is 3.46. The molecule has 42 valence electrons. The van der Waals surface area contributed by atoms with Crippen molar-refractivity contribution in [3.63, 3.8) is 0 Å². The van der Waals surface area contributed by atoms with Crippen LogP contribution in [-0.4, -0.2) is 0 Å². The lowest BCUT2D eigenvalue weighted by Gasteiger charge is -1.86. The van der Waals surface area contributed by atoms with Crippen molar-refractivity contribution >= 4 is 31.9 Å². The van der Waals surface area contributed by atoms with Crippen LogP contribution in [0.1, 0.15) is 5.48 Å². The van der Waals surface area contributed by atoms with Crippen molar-refractivity contribution in [2.45, 2.75) is 0 Å². The van der Waals surface area contributed by atoms with Gasteiger partial charge in [-0.1, -0.05) is 31.9 Å². The van der Waals surface area contributed by atoms with E-state index < -0.39 is 0 Å². The highest BCUT2D eigenvalue weighted by Crippen LogP contribution is 2.13. The van der Waals surface area contributed by atoms with Crippen LogP contribution in [0.5, 0.6) is 0 Å². The number of hydrogen-bond acceptors (Lipinski definition) is 0. The lowest BCUT2D eigenvalue weighted by Crippen LogP contribution is -1.61. The average Bonchev–Trinajstić information content (AvgIpc) is 2.08. The molecule has 8 heavy (non-hydrogen) atoms. The summed E-state index contributed by atoms with van der Waals surface area (Å²) in [6.07, 6.45) is 0. The average molecular weight is 240 g/mol. The first kappa shape index (κ1) is 2.84. The first-order chi connectivity index (χ1) is 5.46. The summed E-state index contributed by atoms with van der Waals surface area (Å²) < 4.78 is 29.8. The molecule has 0 aliphatic heterocycles. The molecule has 0 saturated heterocycles. The summed E-state index contributed by atoms with van der Waals surface area (Å²) in [7, 11) is 0. The fourth-order valence-electron chi connectivity index (χ4n) is 0.282. The summed E-state index contributed by atoms with van der Waals surface area (Å²) in [5.74, 6) is 0. The molecule has 0 amide bonds. The van der Waals surface area contributed by atoms with Crippen molar-refractivity contribution in [2.75, 3.05) is 0 Å². The predicted octanol–water partition coefficient (Wildman–Crippen LogP) is 3.21. The third-order valence-corrected chi connectivity index (χ3v) is 1.36. The molecule has 0 aliphatic carbocycles. The Morgan fingerprint density at radius 3 is 1.50 bits per heavy atom. The number of benzene rings is 1. The maximum absolute atomic E-state index is 7.35. The largest absolute Gasteiger partial charge is 0.0635 e. The first-order valence-electron chi connectivity index (χ1n) is 3.88.